The van der Waals surface area contributed by atoms with Gasteiger partial charge in [-0.3, -0.25) is 0 Å². The van der Waals surface area contributed by atoms with Crippen molar-refractivity contribution in [1.82, 2.24) is 9.97 Å². The van der Waals surface area contributed by atoms with E-state index in [9.17, 15) is 0 Å². The van der Waals surface area contributed by atoms with Crippen LogP contribution in [0.1, 0.15) is 0 Å². The molecule has 1 heterocycles. The Morgan fingerprint density at radius 2 is 1.78 bits per heavy atom. The summed E-state index contributed by atoms with van der Waals surface area (Å²) in [4.78, 5) is 9.74. The van der Waals surface area contributed by atoms with E-state index in [1.165, 1.54) is 0 Å². The van der Waals surface area contributed by atoms with Crippen LogP contribution < -0.4 is 5.73 Å². The van der Waals surface area contributed by atoms with Gasteiger partial charge in [-0.1, -0.05) is 30.0 Å². The standard InChI is InChI=1S/C14H11N3S/c15-10-6-7-12-13(8-10)16-9-17-14(12)18-11-4-2-1-3-5-11/h1-9H,15H2. The van der Waals surface area contributed by atoms with Crippen molar-refractivity contribution in [2.24, 2.45) is 0 Å². The average molecular weight is 253 g/mol. The second-order valence-corrected chi connectivity index (χ2v) is 4.93. The minimum Gasteiger partial charge on any atom is -0.399 e. The minimum absolute atomic E-state index is 0.719. The van der Waals surface area contributed by atoms with E-state index < -0.39 is 0 Å². The molecule has 3 rings (SSSR count). The molecule has 88 valence electrons. The van der Waals surface area contributed by atoms with Crippen molar-refractivity contribution in [3.8, 4) is 0 Å². The van der Waals surface area contributed by atoms with Crippen LogP contribution in [0.2, 0.25) is 0 Å². The van der Waals surface area contributed by atoms with Crippen molar-refractivity contribution in [3.05, 3.63) is 54.9 Å². The predicted octanol–water partition coefficient (Wildman–Crippen LogP) is 3.36. The van der Waals surface area contributed by atoms with Crippen LogP contribution in [0.15, 0.2) is 64.8 Å². The summed E-state index contributed by atoms with van der Waals surface area (Å²) in [7, 11) is 0. The Bertz CT molecular complexity index is 683. The summed E-state index contributed by atoms with van der Waals surface area (Å²) in [6.07, 6.45) is 1.58. The first-order valence-corrected chi connectivity index (χ1v) is 6.38. The van der Waals surface area contributed by atoms with Crippen molar-refractivity contribution >= 4 is 28.4 Å². The third-order valence-electron chi connectivity index (χ3n) is 2.58. The lowest BCUT2D eigenvalue weighted by Gasteiger charge is -2.05. The number of hydrogen-bond acceptors (Lipinski definition) is 4. The molecule has 4 heteroatoms. The molecule has 0 amide bonds. The van der Waals surface area contributed by atoms with Crippen molar-refractivity contribution in [2.75, 3.05) is 5.73 Å². The number of fused-ring (bicyclic) bond motifs is 1. The highest BCUT2D eigenvalue weighted by atomic mass is 32.2. The first-order valence-electron chi connectivity index (χ1n) is 5.56. The van der Waals surface area contributed by atoms with Gasteiger partial charge in [0.15, 0.2) is 0 Å². The lowest BCUT2D eigenvalue weighted by molar-refractivity contribution is 1.10. The number of nitrogens with zero attached hydrogens (tertiary/aromatic N) is 2. The summed E-state index contributed by atoms with van der Waals surface area (Å²) >= 11 is 1.63. The smallest absolute Gasteiger partial charge is 0.117 e. The van der Waals surface area contributed by atoms with E-state index >= 15 is 0 Å². The second kappa shape index (κ2) is 4.66. The molecule has 2 N–H and O–H groups in total. The monoisotopic (exact) mass is 253 g/mol. The van der Waals surface area contributed by atoms with E-state index in [0.29, 0.717) is 0 Å². The van der Waals surface area contributed by atoms with Crippen LogP contribution in [0.25, 0.3) is 10.9 Å². The fraction of sp³-hybridized carbons (Fsp3) is 0. The highest BCUT2D eigenvalue weighted by Gasteiger charge is 2.05. The number of rotatable bonds is 2. The Morgan fingerprint density at radius 3 is 2.61 bits per heavy atom. The first kappa shape index (κ1) is 11.0. The predicted molar refractivity (Wildman–Crippen MR) is 74.5 cm³/mol. The van der Waals surface area contributed by atoms with E-state index in [1.807, 2.05) is 36.4 Å². The van der Waals surface area contributed by atoms with Gasteiger partial charge in [-0.25, -0.2) is 9.97 Å². The van der Waals surface area contributed by atoms with Crippen molar-refractivity contribution in [3.63, 3.8) is 0 Å². The minimum atomic E-state index is 0.719. The fourth-order valence-electron chi connectivity index (χ4n) is 1.73. The zero-order chi connectivity index (χ0) is 12.4. The topological polar surface area (TPSA) is 51.8 Å². The molecule has 3 aromatic rings. The number of benzene rings is 2. The van der Waals surface area contributed by atoms with Gasteiger partial charge >= 0.3 is 0 Å². The molecule has 18 heavy (non-hydrogen) atoms. The van der Waals surface area contributed by atoms with Gasteiger partial charge in [0, 0.05) is 16.0 Å². The SMILES string of the molecule is Nc1ccc2c(Sc3ccccc3)ncnc2c1. The molecular weight excluding hydrogens is 242 g/mol. The Morgan fingerprint density at radius 1 is 0.944 bits per heavy atom. The van der Waals surface area contributed by atoms with Crippen LogP contribution >= 0.6 is 11.8 Å². The lowest BCUT2D eigenvalue weighted by atomic mass is 10.2. The molecule has 0 saturated heterocycles. The maximum absolute atomic E-state index is 5.76. The van der Waals surface area contributed by atoms with E-state index in [0.717, 1.165) is 26.5 Å². The highest BCUT2D eigenvalue weighted by molar-refractivity contribution is 7.99. The number of hydrogen-bond donors (Lipinski definition) is 1. The molecule has 0 atom stereocenters. The van der Waals surface area contributed by atoms with Crippen molar-refractivity contribution < 1.29 is 0 Å². The van der Waals surface area contributed by atoms with Crippen LogP contribution in [-0.4, -0.2) is 9.97 Å². The van der Waals surface area contributed by atoms with Gasteiger partial charge in [0.25, 0.3) is 0 Å². The molecule has 0 unspecified atom stereocenters. The molecule has 1 aromatic heterocycles. The zero-order valence-electron chi connectivity index (χ0n) is 9.58. The first-order chi connectivity index (χ1) is 8.83. The van der Waals surface area contributed by atoms with E-state index in [1.54, 1.807) is 18.1 Å². The number of aromatic nitrogens is 2. The molecule has 0 aliphatic heterocycles. The third kappa shape index (κ3) is 2.15. The van der Waals surface area contributed by atoms with E-state index in [-0.39, 0.29) is 0 Å². The quantitative estimate of drug-likeness (QED) is 0.562. The van der Waals surface area contributed by atoms with Crippen molar-refractivity contribution in [1.29, 1.82) is 0 Å². The van der Waals surface area contributed by atoms with Crippen LogP contribution in [0.3, 0.4) is 0 Å². The molecule has 0 spiro atoms. The van der Waals surface area contributed by atoms with Gasteiger partial charge in [0.05, 0.1) is 5.52 Å². The maximum atomic E-state index is 5.76. The molecule has 0 bridgehead atoms. The summed E-state index contributed by atoms with van der Waals surface area (Å²) in [5, 5.41) is 1.98. The Balaban J connectivity index is 2.07. The zero-order valence-corrected chi connectivity index (χ0v) is 10.4. The molecule has 2 aromatic carbocycles. The van der Waals surface area contributed by atoms with Crippen LogP contribution in [0.4, 0.5) is 5.69 Å². The Labute approximate surface area is 109 Å². The normalized spacial score (nSPS) is 10.7. The Kier molecular flexibility index (Phi) is 2.86. The third-order valence-corrected chi connectivity index (χ3v) is 3.61. The molecule has 0 saturated carbocycles. The van der Waals surface area contributed by atoms with Crippen LogP contribution in [-0.2, 0) is 0 Å². The number of anilines is 1. The summed E-state index contributed by atoms with van der Waals surface area (Å²) < 4.78 is 0. The largest absolute Gasteiger partial charge is 0.399 e. The summed E-state index contributed by atoms with van der Waals surface area (Å²) in [6, 6.07) is 15.9. The highest BCUT2D eigenvalue weighted by Crippen LogP contribution is 2.31. The average Bonchev–Trinajstić information content (AvgIpc) is 2.40. The molecule has 0 radical (unpaired) electrons. The molecular formula is C14H11N3S. The maximum Gasteiger partial charge on any atom is 0.117 e. The lowest BCUT2D eigenvalue weighted by Crippen LogP contribution is -1.89. The number of nitrogen functional groups attached to an aromatic ring is 1. The van der Waals surface area contributed by atoms with Gasteiger partial charge < -0.3 is 5.73 Å². The van der Waals surface area contributed by atoms with Crippen LogP contribution in [0.5, 0.6) is 0 Å². The van der Waals surface area contributed by atoms with Gasteiger partial charge in [-0.15, -0.1) is 0 Å². The van der Waals surface area contributed by atoms with Crippen molar-refractivity contribution in [2.45, 2.75) is 9.92 Å². The molecule has 0 aliphatic rings. The fourth-order valence-corrected chi connectivity index (χ4v) is 2.63. The van der Waals surface area contributed by atoms with E-state index in [4.69, 9.17) is 5.73 Å². The molecule has 0 aliphatic carbocycles. The van der Waals surface area contributed by atoms with Gasteiger partial charge in [0.1, 0.15) is 11.4 Å². The van der Waals surface area contributed by atoms with Gasteiger partial charge in [-0.2, -0.15) is 0 Å². The molecule has 0 fully saturated rings. The van der Waals surface area contributed by atoms with Crippen LogP contribution in [0, 0.1) is 0 Å². The second-order valence-electron chi connectivity index (χ2n) is 3.87. The summed E-state index contributed by atoms with van der Waals surface area (Å²) in [6.45, 7) is 0. The van der Waals surface area contributed by atoms with Gasteiger partial charge in [0.2, 0.25) is 0 Å². The Hall–Kier alpha value is -2.07. The van der Waals surface area contributed by atoms with E-state index in [2.05, 4.69) is 22.1 Å². The summed E-state index contributed by atoms with van der Waals surface area (Å²) in [5.74, 6) is 0. The van der Waals surface area contributed by atoms with Gasteiger partial charge in [-0.05, 0) is 30.3 Å². The summed E-state index contributed by atoms with van der Waals surface area (Å²) in [5.41, 5.74) is 7.36. The molecule has 3 nitrogen and oxygen atoms in total. The number of nitrogens with two attached hydrogens (primary N) is 1.